The highest BCUT2D eigenvalue weighted by molar-refractivity contribution is 7.99. The zero-order chi connectivity index (χ0) is 15.4. The van der Waals surface area contributed by atoms with Gasteiger partial charge in [-0.25, -0.2) is 14.8 Å². The Balaban J connectivity index is 2.41. The molecule has 0 saturated carbocycles. The van der Waals surface area contributed by atoms with Crippen LogP contribution in [0.2, 0.25) is 0 Å². The van der Waals surface area contributed by atoms with E-state index in [0.717, 1.165) is 18.2 Å². The molecule has 7 heteroatoms. The molecule has 0 aliphatic rings. The van der Waals surface area contributed by atoms with Crippen LogP contribution in [0.1, 0.15) is 35.0 Å². The molecule has 21 heavy (non-hydrogen) atoms. The van der Waals surface area contributed by atoms with E-state index in [4.69, 9.17) is 0 Å². The second-order valence-corrected chi connectivity index (χ2v) is 5.48. The number of rotatable bonds is 5. The van der Waals surface area contributed by atoms with Gasteiger partial charge < -0.3 is 10.1 Å². The highest BCUT2D eigenvalue weighted by atomic mass is 32.2. The standard InChI is InChI=1S/C14H15N3O3S/c1-3-4-9-7-10(18)17-14(16-9)21-12-11(13(19)20)8(2)5-6-15-12/h5-7H,3-4H2,1-2H3,(H,19,20)(H,16,17,18). The Morgan fingerprint density at radius 2 is 2.24 bits per heavy atom. The van der Waals surface area contributed by atoms with Crippen molar-refractivity contribution >= 4 is 17.7 Å². The second kappa shape index (κ2) is 6.53. The topological polar surface area (TPSA) is 95.9 Å². The fourth-order valence-corrected chi connectivity index (χ4v) is 2.84. The van der Waals surface area contributed by atoms with E-state index in [9.17, 15) is 14.7 Å². The lowest BCUT2D eigenvalue weighted by Crippen LogP contribution is -2.10. The summed E-state index contributed by atoms with van der Waals surface area (Å²) < 4.78 is 0. The SMILES string of the molecule is CCCc1cc(=O)[nH]c(Sc2nccc(C)c2C(=O)O)n1. The summed E-state index contributed by atoms with van der Waals surface area (Å²) in [7, 11) is 0. The van der Waals surface area contributed by atoms with Gasteiger partial charge >= 0.3 is 5.97 Å². The summed E-state index contributed by atoms with van der Waals surface area (Å²) in [6.07, 6.45) is 3.12. The maximum absolute atomic E-state index is 11.6. The molecular formula is C14H15N3O3S. The van der Waals surface area contributed by atoms with E-state index >= 15 is 0 Å². The van der Waals surface area contributed by atoms with Gasteiger partial charge in [0.1, 0.15) is 5.03 Å². The van der Waals surface area contributed by atoms with E-state index in [1.165, 1.54) is 12.3 Å². The number of pyridine rings is 1. The molecule has 2 aromatic rings. The van der Waals surface area contributed by atoms with Crippen molar-refractivity contribution in [1.29, 1.82) is 0 Å². The largest absolute Gasteiger partial charge is 0.478 e. The monoisotopic (exact) mass is 305 g/mol. The first-order valence-corrected chi connectivity index (χ1v) is 7.30. The average molecular weight is 305 g/mol. The Morgan fingerprint density at radius 1 is 1.48 bits per heavy atom. The third-order valence-electron chi connectivity index (χ3n) is 2.81. The van der Waals surface area contributed by atoms with Gasteiger partial charge in [0.15, 0.2) is 5.16 Å². The summed E-state index contributed by atoms with van der Waals surface area (Å²) in [6.45, 7) is 3.71. The van der Waals surface area contributed by atoms with Gasteiger partial charge in [-0.3, -0.25) is 4.79 Å². The fraction of sp³-hybridized carbons (Fsp3) is 0.286. The van der Waals surface area contributed by atoms with Crippen molar-refractivity contribution in [1.82, 2.24) is 15.0 Å². The van der Waals surface area contributed by atoms with Crippen molar-refractivity contribution < 1.29 is 9.90 Å². The number of H-pyrrole nitrogens is 1. The molecule has 0 amide bonds. The Kier molecular flexibility index (Phi) is 4.74. The van der Waals surface area contributed by atoms with Gasteiger partial charge in [0.25, 0.3) is 5.56 Å². The first-order chi connectivity index (χ1) is 10.0. The molecule has 0 saturated heterocycles. The third-order valence-corrected chi connectivity index (χ3v) is 3.70. The number of nitrogens with one attached hydrogen (secondary N) is 1. The Morgan fingerprint density at radius 3 is 2.90 bits per heavy atom. The predicted octanol–water partition coefficient (Wildman–Crippen LogP) is 2.28. The maximum atomic E-state index is 11.6. The summed E-state index contributed by atoms with van der Waals surface area (Å²) in [4.78, 5) is 33.9. The van der Waals surface area contributed by atoms with Gasteiger partial charge in [-0.15, -0.1) is 0 Å². The lowest BCUT2D eigenvalue weighted by atomic mass is 10.2. The van der Waals surface area contributed by atoms with Gasteiger partial charge in [0.2, 0.25) is 0 Å². The van der Waals surface area contributed by atoms with Crippen LogP contribution in [0, 0.1) is 6.92 Å². The van der Waals surface area contributed by atoms with Crippen molar-refractivity contribution in [3.8, 4) is 0 Å². The van der Waals surface area contributed by atoms with Crippen molar-refractivity contribution in [2.24, 2.45) is 0 Å². The van der Waals surface area contributed by atoms with E-state index in [2.05, 4.69) is 15.0 Å². The first-order valence-electron chi connectivity index (χ1n) is 6.48. The number of hydrogen-bond donors (Lipinski definition) is 2. The molecule has 2 rings (SSSR count). The van der Waals surface area contributed by atoms with E-state index in [1.54, 1.807) is 13.0 Å². The van der Waals surface area contributed by atoms with Crippen molar-refractivity contribution in [2.45, 2.75) is 36.9 Å². The summed E-state index contributed by atoms with van der Waals surface area (Å²) in [5, 5.41) is 9.94. The zero-order valence-electron chi connectivity index (χ0n) is 11.7. The molecule has 6 nitrogen and oxygen atoms in total. The molecular weight excluding hydrogens is 290 g/mol. The Bertz CT molecular complexity index is 728. The van der Waals surface area contributed by atoms with Gasteiger partial charge in [-0.1, -0.05) is 13.3 Å². The van der Waals surface area contributed by atoms with Crippen LogP contribution in [0.25, 0.3) is 0 Å². The highest BCUT2D eigenvalue weighted by Crippen LogP contribution is 2.27. The van der Waals surface area contributed by atoms with Crippen LogP contribution in [0.5, 0.6) is 0 Å². The number of carboxylic acid groups (broad SMARTS) is 1. The number of aromatic carboxylic acids is 1. The van der Waals surface area contributed by atoms with Crippen LogP contribution in [0.15, 0.2) is 33.3 Å². The second-order valence-electron chi connectivity index (χ2n) is 4.51. The minimum atomic E-state index is -1.05. The lowest BCUT2D eigenvalue weighted by molar-refractivity contribution is 0.0691. The van der Waals surface area contributed by atoms with Crippen molar-refractivity contribution in [3.05, 3.63) is 45.5 Å². The molecule has 0 atom stereocenters. The smallest absolute Gasteiger partial charge is 0.338 e. The van der Waals surface area contributed by atoms with Crippen LogP contribution >= 0.6 is 11.8 Å². The van der Waals surface area contributed by atoms with Gasteiger partial charge in [0.05, 0.1) is 5.56 Å². The summed E-state index contributed by atoms with van der Waals surface area (Å²) in [5.74, 6) is -1.05. The number of aromatic amines is 1. The number of aryl methyl sites for hydroxylation is 2. The molecule has 0 aliphatic heterocycles. The quantitative estimate of drug-likeness (QED) is 0.823. The van der Waals surface area contributed by atoms with Crippen molar-refractivity contribution in [2.75, 3.05) is 0 Å². The maximum Gasteiger partial charge on any atom is 0.338 e. The van der Waals surface area contributed by atoms with Crippen LogP contribution in [0.4, 0.5) is 0 Å². The van der Waals surface area contributed by atoms with Crippen LogP contribution in [0.3, 0.4) is 0 Å². The van der Waals surface area contributed by atoms with E-state index in [0.29, 0.717) is 27.9 Å². The summed E-state index contributed by atoms with van der Waals surface area (Å²) >= 11 is 1.05. The molecule has 0 spiro atoms. The molecule has 0 aliphatic carbocycles. The molecule has 0 radical (unpaired) electrons. The number of aromatic nitrogens is 3. The summed E-state index contributed by atoms with van der Waals surface area (Å²) in [6, 6.07) is 3.09. The normalized spacial score (nSPS) is 10.6. The average Bonchev–Trinajstić information content (AvgIpc) is 2.37. The number of nitrogens with zero attached hydrogens (tertiary/aromatic N) is 2. The lowest BCUT2D eigenvalue weighted by Gasteiger charge is -2.07. The minimum absolute atomic E-state index is 0.131. The van der Waals surface area contributed by atoms with Crippen LogP contribution < -0.4 is 5.56 Å². The summed E-state index contributed by atoms with van der Waals surface area (Å²) in [5.41, 5.74) is 1.19. The highest BCUT2D eigenvalue weighted by Gasteiger charge is 2.16. The number of carboxylic acids is 1. The van der Waals surface area contributed by atoms with E-state index in [1.807, 2.05) is 6.92 Å². The first kappa shape index (κ1) is 15.2. The molecule has 0 aromatic carbocycles. The molecule has 110 valence electrons. The van der Waals surface area contributed by atoms with Crippen LogP contribution in [-0.4, -0.2) is 26.0 Å². The molecule has 0 unspecified atom stereocenters. The molecule has 2 heterocycles. The van der Waals surface area contributed by atoms with E-state index < -0.39 is 5.97 Å². The molecule has 2 N–H and O–H groups in total. The number of hydrogen-bond acceptors (Lipinski definition) is 5. The molecule has 2 aromatic heterocycles. The third kappa shape index (κ3) is 3.69. The fourth-order valence-electron chi connectivity index (χ4n) is 1.88. The number of carbonyl (C=O) groups is 1. The van der Waals surface area contributed by atoms with Gasteiger partial charge in [-0.05, 0) is 36.7 Å². The Hall–Kier alpha value is -2.15. The molecule has 0 fully saturated rings. The minimum Gasteiger partial charge on any atom is -0.478 e. The van der Waals surface area contributed by atoms with Gasteiger partial charge in [-0.2, -0.15) is 0 Å². The van der Waals surface area contributed by atoms with E-state index in [-0.39, 0.29) is 11.1 Å². The predicted molar refractivity (Wildman–Crippen MR) is 78.9 cm³/mol. The van der Waals surface area contributed by atoms with Gasteiger partial charge in [0, 0.05) is 18.0 Å². The van der Waals surface area contributed by atoms with Crippen LogP contribution in [-0.2, 0) is 6.42 Å². The Labute approximate surface area is 125 Å². The van der Waals surface area contributed by atoms with Crippen molar-refractivity contribution in [3.63, 3.8) is 0 Å². The molecule has 0 bridgehead atoms. The zero-order valence-corrected chi connectivity index (χ0v) is 12.5.